The number of aliphatic hydroxyl groups is 6. The van der Waals surface area contributed by atoms with Crippen molar-refractivity contribution in [2.45, 2.75) is 156 Å². The van der Waals surface area contributed by atoms with Crippen molar-refractivity contribution in [1.29, 1.82) is 0 Å². The van der Waals surface area contributed by atoms with Crippen molar-refractivity contribution >= 4 is 84.0 Å². The Bertz CT molecular complexity index is 4080. The van der Waals surface area contributed by atoms with Gasteiger partial charge in [-0.3, -0.25) is 33.6 Å². The number of aromatic hydroxyl groups is 3. The van der Waals surface area contributed by atoms with Gasteiger partial charge in [0.25, 0.3) is 0 Å². The molecule has 21 N–H and O–H groups in total. The second-order valence-electron chi connectivity index (χ2n) is 25.7. The number of nitrogens with two attached hydrogens (primary N) is 2. The van der Waals surface area contributed by atoms with Gasteiger partial charge in [0.15, 0.2) is 29.9 Å². The molecule has 33 nitrogen and oxygen atoms in total. The van der Waals surface area contributed by atoms with E-state index in [0.717, 1.165) is 66.7 Å². The Kier molecular flexibility index (Phi) is 23.8. The molecule has 102 heavy (non-hydrogen) atoms. The van der Waals surface area contributed by atoms with Crippen LogP contribution >= 0.6 is 36.7 Å². The quantitative estimate of drug-likeness (QED) is 0.0749. The number of benzene rings is 5. The number of carbonyl (C=O) groups excluding carboxylic acids is 7. The van der Waals surface area contributed by atoms with Crippen LogP contribution in [0.4, 0.5) is 0 Å². The van der Waals surface area contributed by atoms with Crippen LogP contribution < -0.4 is 62.9 Å². The molecule has 7 amide bonds. The molecule has 7 aliphatic heterocycles. The highest BCUT2D eigenvalue weighted by molar-refractivity contribution is 7.59. The average Bonchev–Trinajstić information content (AvgIpc) is 0.773. The zero-order valence-corrected chi connectivity index (χ0v) is 57.3. The number of nitrogens with one attached hydrogen (secondary N) is 7. The van der Waals surface area contributed by atoms with Gasteiger partial charge in [-0.25, -0.2) is 4.79 Å². The number of fused-ring (bicyclic) bond motifs is 15. The summed E-state index contributed by atoms with van der Waals surface area (Å²) in [6.45, 7) is 5.66. The van der Waals surface area contributed by atoms with Gasteiger partial charge in [-0.2, -0.15) is 13.5 Å². The molecule has 7 heterocycles. The molecule has 2 fully saturated rings. The largest absolute Gasteiger partial charge is 0.508 e. The fourth-order valence-electron chi connectivity index (χ4n) is 12.5. The number of phenolic OH excluding ortho intramolecular Hbond substituents is 3. The number of likely N-dealkylation sites (N-methyl/N-ethyl adjacent to an activating group) is 1. The van der Waals surface area contributed by atoms with E-state index in [2.05, 4.69) is 37.2 Å². The number of primary amides is 1. The number of aliphatic hydroxyl groups excluding tert-OH is 6. The summed E-state index contributed by atoms with van der Waals surface area (Å²) in [5.41, 5.74) is 8.00. The number of hydrogen-bond donors (Lipinski definition) is 19. The van der Waals surface area contributed by atoms with Crippen molar-refractivity contribution in [3.63, 3.8) is 0 Å². The van der Waals surface area contributed by atoms with Crippen LogP contribution in [0.2, 0.25) is 10.0 Å². The molecule has 0 aliphatic carbocycles. The van der Waals surface area contributed by atoms with E-state index in [1.165, 1.54) is 33.0 Å². The van der Waals surface area contributed by atoms with E-state index < -0.39 is 237 Å². The lowest BCUT2D eigenvalue weighted by Gasteiger charge is -2.47. The second-order valence-corrected chi connectivity index (χ2v) is 26.5. The number of ether oxygens (including phenoxy) is 6. The summed E-state index contributed by atoms with van der Waals surface area (Å²) < 4.78 is 38.3. The van der Waals surface area contributed by atoms with Crippen molar-refractivity contribution in [3.05, 3.63) is 117 Å². The lowest BCUT2D eigenvalue weighted by Crippen LogP contribution is -2.64. The van der Waals surface area contributed by atoms with Gasteiger partial charge in [-0.15, -0.1) is 0 Å². The minimum Gasteiger partial charge on any atom is -0.508 e. The first-order chi connectivity index (χ1) is 47.7. The van der Waals surface area contributed by atoms with E-state index in [1.807, 2.05) is 13.8 Å². The minimum atomic E-state index is -2.35. The maximum Gasteiger partial charge on any atom is 0.330 e. The van der Waals surface area contributed by atoms with Crippen LogP contribution in [-0.4, -0.2) is 191 Å². The van der Waals surface area contributed by atoms with Crippen LogP contribution in [0.3, 0.4) is 0 Å². The summed E-state index contributed by atoms with van der Waals surface area (Å²) in [5, 5.41) is 131. The van der Waals surface area contributed by atoms with E-state index in [-0.39, 0.29) is 59.7 Å². The van der Waals surface area contributed by atoms with Gasteiger partial charge in [-0.05, 0) is 110 Å². The first-order valence-corrected chi connectivity index (χ1v) is 32.4. The molecule has 18 atom stereocenters. The highest BCUT2D eigenvalue weighted by Gasteiger charge is 2.51. The monoisotopic (exact) mass is 1480 g/mol. The van der Waals surface area contributed by atoms with E-state index in [4.69, 9.17) is 63.1 Å². The molecule has 550 valence electrons. The summed E-state index contributed by atoms with van der Waals surface area (Å²) in [5.74, 6) is -16.0. The molecule has 2 saturated heterocycles. The Hall–Kier alpha value is -8.85. The molecule has 0 radical (unpaired) electrons. The molecular weight excluding hydrogens is 1410 g/mol. The third-order valence-electron chi connectivity index (χ3n) is 17.8. The summed E-state index contributed by atoms with van der Waals surface area (Å²) >= 11 is 14.1. The lowest BCUT2D eigenvalue weighted by atomic mass is 9.86. The number of halogens is 2. The SMILES string of the molecule is CNC(CC(C)C)C(=O)NC1C(=O)NC(CC(N)=O)C(=O)NC2C(=O)NC3C(=O)NC(C(=O)NC(C(=O)O)c4cc(O)cc(O)c4-c4cc3ccc4O)C(O)c3ccc(c(Cl)c3)Oc3cc2cc(c3OC2OC(CO)C(O)C(O)C2OC2CC(C)(N)C(O)C(C)O2)Oc2ccc(cc2Cl)C1O.S. The topological polar surface area (TPSA) is 530 Å². The fourth-order valence-corrected chi connectivity index (χ4v) is 12.9. The van der Waals surface area contributed by atoms with E-state index >= 15 is 14.4 Å². The second kappa shape index (κ2) is 31.4. The molecule has 5 aromatic rings. The van der Waals surface area contributed by atoms with Gasteiger partial charge in [0.05, 0.1) is 41.3 Å². The first kappa shape index (κ1) is 77.3. The van der Waals surface area contributed by atoms with Crippen LogP contribution in [-0.2, 0) is 52.6 Å². The van der Waals surface area contributed by atoms with Crippen molar-refractivity contribution < 1.29 is 118 Å². The predicted molar refractivity (Wildman–Crippen MR) is 360 cm³/mol. The first-order valence-electron chi connectivity index (χ1n) is 31.6. The van der Waals surface area contributed by atoms with Crippen molar-refractivity contribution in [2.75, 3.05) is 13.7 Å². The molecule has 0 spiro atoms. The van der Waals surface area contributed by atoms with Gasteiger partial charge in [0, 0.05) is 34.7 Å². The fraction of sp³-hybridized carbons (Fsp3) is 0.424. The molecule has 11 bridgehead atoms. The summed E-state index contributed by atoms with van der Waals surface area (Å²) in [6, 6.07) is -0.679. The Morgan fingerprint density at radius 2 is 1.31 bits per heavy atom. The maximum absolute atomic E-state index is 16.0. The molecule has 5 aromatic carbocycles. The molecule has 0 aromatic heterocycles. The number of aliphatic carboxylic acids is 1. The van der Waals surface area contributed by atoms with E-state index in [0.29, 0.717) is 0 Å². The lowest BCUT2D eigenvalue weighted by molar-refractivity contribution is -0.333. The Balaban J connectivity index is 0.0000121. The molecule has 12 rings (SSSR count). The standard InChI is InChI=1S/C66H75Cl2N9O24.H2S/c1-23(2)12-34(71-5)58(88)76-49-51(83)26-7-10-38(32(67)14-26)97-40-16-28-17-41(55(40)101-65-56(54(86)53(85)42(22-78)99-65)100-44-21-66(4,70)57(87)24(3)96-44)98-39-11-8-27(15-33(39)68)52(84)50-63(93)75-48(64(94)95)31-18-29(79)19-37(81)45(31)30-13-25(6-9-36(30)80)46(60(90)77-50)74-61(91)47(28)73-59(89)35(20-43(69)82)72-62(49)92;/h6-11,13-19,23-24,34-35,42,44,46-54,56-57,65,71,78-81,83-87H,12,20-22,70H2,1-5H3,(H2,69,82)(H,72,92)(H,73,89)(H,74,91)(H,75,93)(H,76,88)(H,77,90)(H,94,95);1H2. The highest BCUT2D eigenvalue weighted by atomic mass is 35.5. The van der Waals surface area contributed by atoms with Crippen molar-refractivity contribution in [1.82, 2.24) is 37.2 Å². The van der Waals surface area contributed by atoms with Crippen LogP contribution in [0.25, 0.3) is 11.1 Å². The van der Waals surface area contributed by atoms with Gasteiger partial charge < -0.3 is 128 Å². The Labute approximate surface area is 597 Å². The van der Waals surface area contributed by atoms with Gasteiger partial charge in [-0.1, -0.05) is 55.2 Å². The summed E-state index contributed by atoms with van der Waals surface area (Å²) in [4.78, 5) is 117. The van der Waals surface area contributed by atoms with Crippen LogP contribution in [0.5, 0.6) is 46.0 Å². The molecular formula is C66H77Cl2N9O24S. The summed E-state index contributed by atoms with van der Waals surface area (Å²) in [6.07, 6.45) is -18.6. The van der Waals surface area contributed by atoms with Gasteiger partial charge in [0.1, 0.15) is 89.5 Å². The van der Waals surface area contributed by atoms with E-state index in [9.17, 15) is 75.0 Å². The number of amides is 7. The highest BCUT2D eigenvalue weighted by Crippen LogP contribution is 2.50. The molecule has 7 aliphatic rings. The number of phenols is 3. The smallest absolute Gasteiger partial charge is 0.330 e. The molecule has 36 heteroatoms. The Morgan fingerprint density at radius 1 is 0.716 bits per heavy atom. The maximum atomic E-state index is 16.0. The Morgan fingerprint density at radius 3 is 1.89 bits per heavy atom. The predicted octanol–water partition coefficient (Wildman–Crippen LogP) is 0.219. The van der Waals surface area contributed by atoms with Crippen LogP contribution in [0.15, 0.2) is 78.9 Å². The number of carboxylic acids is 1. The minimum absolute atomic E-state index is 0. The summed E-state index contributed by atoms with van der Waals surface area (Å²) in [7, 11) is 1.47. The van der Waals surface area contributed by atoms with Crippen LogP contribution in [0, 0.1) is 5.92 Å². The zero-order chi connectivity index (χ0) is 73.5. The number of rotatable bonds is 13. The van der Waals surface area contributed by atoms with E-state index in [1.54, 1.807) is 0 Å². The number of carboxylic acid groups (broad SMARTS) is 1. The molecule has 18 unspecified atom stereocenters. The number of hydrogen-bond acceptors (Lipinski definition) is 25. The van der Waals surface area contributed by atoms with Crippen molar-refractivity contribution in [2.24, 2.45) is 17.4 Å². The third kappa shape index (κ3) is 16.3. The van der Waals surface area contributed by atoms with Gasteiger partial charge >= 0.3 is 5.97 Å². The number of carbonyl (C=O) groups is 8. The third-order valence-corrected chi connectivity index (χ3v) is 18.4. The van der Waals surface area contributed by atoms with Crippen molar-refractivity contribution in [3.8, 4) is 57.1 Å². The normalized spacial score (nSPS) is 29.1. The zero-order valence-electron chi connectivity index (χ0n) is 54.8. The van der Waals surface area contributed by atoms with Crippen LogP contribution in [0.1, 0.15) is 105 Å². The molecule has 0 saturated carbocycles. The average molecular weight is 1480 g/mol. The van der Waals surface area contributed by atoms with Gasteiger partial charge in [0.2, 0.25) is 53.4 Å².